The molecule has 2 heteroatoms. The number of hydrogen-bond donors (Lipinski definition) is 0. The summed E-state index contributed by atoms with van der Waals surface area (Å²) >= 11 is 0. The summed E-state index contributed by atoms with van der Waals surface area (Å²) in [6, 6.07) is 3.75. The van der Waals surface area contributed by atoms with Gasteiger partial charge in [0, 0.05) is 12.1 Å². The van der Waals surface area contributed by atoms with Crippen molar-refractivity contribution in [2.75, 3.05) is 0 Å². The maximum absolute atomic E-state index is 8.22. The molecule has 0 amide bonds. The van der Waals surface area contributed by atoms with Gasteiger partial charge >= 0.3 is 0 Å². The number of hydrogen-bond acceptors (Lipinski definition) is 2. The third kappa shape index (κ3) is 1.84. The van der Waals surface area contributed by atoms with Gasteiger partial charge in [0.2, 0.25) is 0 Å². The largest absolute Gasteiger partial charge is 0.247 e. The molecule has 0 N–H and O–H groups in total. The fourth-order valence-electron chi connectivity index (χ4n) is 0.933. The Hall–Kier alpha value is -1.80. The number of nitrogens with zero attached hydrogens (tertiary/aromatic N) is 2. The first kappa shape index (κ1) is 8.30. The molecule has 0 aliphatic rings. The molecule has 1 heterocycles. The molecule has 0 aliphatic heterocycles. The fraction of sp³-hybridized carbons (Fsp3) is 0.200. The van der Waals surface area contributed by atoms with E-state index in [4.69, 9.17) is 5.26 Å². The lowest BCUT2D eigenvalue weighted by atomic mass is 10.2. The smallest absolute Gasteiger partial charge is 0.152 e. The first-order valence-electron chi connectivity index (χ1n) is 3.57. The van der Waals surface area contributed by atoms with Crippen LogP contribution in [0.5, 0.6) is 0 Å². The first-order chi connectivity index (χ1) is 5.74. The monoisotopic (exact) mass is 156 g/mol. The third-order valence-corrected chi connectivity index (χ3v) is 1.45. The lowest BCUT2D eigenvalue weighted by Gasteiger charge is -1.96. The molecule has 0 fully saturated rings. The van der Waals surface area contributed by atoms with E-state index in [1.165, 1.54) is 0 Å². The third-order valence-electron chi connectivity index (χ3n) is 1.45. The standard InChI is InChI=1S/C10H8N2/c1-8-6-9(2)10(12-7-8)4-3-5-11/h6-7H,1-2H3. The predicted octanol–water partition coefficient (Wildman–Crippen LogP) is 1.57. The second-order valence-corrected chi connectivity index (χ2v) is 2.54. The summed E-state index contributed by atoms with van der Waals surface area (Å²) in [6.07, 6.45) is 1.74. The minimum atomic E-state index is 0.683. The van der Waals surface area contributed by atoms with Crippen molar-refractivity contribution in [3.63, 3.8) is 0 Å². The topological polar surface area (TPSA) is 36.7 Å². The van der Waals surface area contributed by atoms with Crippen LogP contribution >= 0.6 is 0 Å². The summed E-state index contributed by atoms with van der Waals surface area (Å²) in [6.45, 7) is 3.91. The van der Waals surface area contributed by atoms with Crippen molar-refractivity contribution >= 4 is 0 Å². The zero-order valence-electron chi connectivity index (χ0n) is 7.05. The van der Waals surface area contributed by atoms with E-state index >= 15 is 0 Å². The zero-order chi connectivity index (χ0) is 8.97. The highest BCUT2D eigenvalue weighted by molar-refractivity contribution is 5.38. The highest BCUT2D eigenvalue weighted by Gasteiger charge is 1.94. The summed E-state index contributed by atoms with van der Waals surface area (Å²) in [5.41, 5.74) is 2.80. The van der Waals surface area contributed by atoms with Gasteiger partial charge in [0.25, 0.3) is 0 Å². The van der Waals surface area contributed by atoms with Gasteiger partial charge in [-0.1, -0.05) is 6.07 Å². The van der Waals surface area contributed by atoms with Gasteiger partial charge < -0.3 is 0 Å². The number of aryl methyl sites for hydroxylation is 2. The van der Waals surface area contributed by atoms with E-state index in [2.05, 4.69) is 16.8 Å². The Morgan fingerprint density at radius 2 is 2.17 bits per heavy atom. The van der Waals surface area contributed by atoms with Crippen LogP contribution in [0.15, 0.2) is 12.3 Å². The van der Waals surface area contributed by atoms with Crippen LogP contribution in [0.2, 0.25) is 0 Å². The molecule has 0 saturated heterocycles. The Morgan fingerprint density at radius 3 is 2.75 bits per heavy atom. The van der Waals surface area contributed by atoms with E-state index in [-0.39, 0.29) is 0 Å². The predicted molar refractivity (Wildman–Crippen MR) is 46.2 cm³/mol. The molecule has 0 bridgehead atoms. The Balaban J connectivity index is 3.12. The van der Waals surface area contributed by atoms with Gasteiger partial charge in [0.15, 0.2) is 6.07 Å². The summed E-state index contributed by atoms with van der Waals surface area (Å²) < 4.78 is 0. The van der Waals surface area contributed by atoms with E-state index < -0.39 is 0 Å². The molecule has 0 atom stereocenters. The van der Waals surface area contributed by atoms with Crippen molar-refractivity contribution in [2.45, 2.75) is 13.8 Å². The molecule has 0 aliphatic carbocycles. The van der Waals surface area contributed by atoms with Gasteiger partial charge in [-0.3, -0.25) is 0 Å². The van der Waals surface area contributed by atoms with E-state index in [1.54, 1.807) is 12.3 Å². The van der Waals surface area contributed by atoms with Crippen LogP contribution in [0.4, 0.5) is 0 Å². The van der Waals surface area contributed by atoms with Crippen molar-refractivity contribution in [3.8, 4) is 17.9 Å². The Bertz CT molecular complexity index is 389. The number of nitriles is 1. The number of aromatic nitrogens is 1. The van der Waals surface area contributed by atoms with Crippen LogP contribution in [0.3, 0.4) is 0 Å². The van der Waals surface area contributed by atoms with E-state index in [9.17, 15) is 0 Å². The number of rotatable bonds is 0. The summed E-state index contributed by atoms with van der Waals surface area (Å²) in [4.78, 5) is 4.09. The van der Waals surface area contributed by atoms with Crippen LogP contribution in [0.1, 0.15) is 16.8 Å². The molecule has 1 aromatic heterocycles. The molecule has 0 spiro atoms. The number of pyridine rings is 1. The van der Waals surface area contributed by atoms with Crippen LogP contribution in [0.25, 0.3) is 0 Å². The normalized spacial score (nSPS) is 8.08. The molecule has 2 nitrogen and oxygen atoms in total. The van der Waals surface area contributed by atoms with Gasteiger partial charge in [-0.25, -0.2) is 4.98 Å². The highest BCUT2D eigenvalue weighted by Crippen LogP contribution is 2.04. The van der Waals surface area contributed by atoms with Crippen molar-refractivity contribution in [1.29, 1.82) is 5.26 Å². The van der Waals surface area contributed by atoms with Crippen LogP contribution in [0, 0.1) is 37.0 Å². The van der Waals surface area contributed by atoms with E-state index in [0.717, 1.165) is 11.1 Å². The second-order valence-electron chi connectivity index (χ2n) is 2.54. The van der Waals surface area contributed by atoms with Gasteiger partial charge in [-0.15, -0.1) is 0 Å². The summed E-state index contributed by atoms with van der Waals surface area (Å²) in [7, 11) is 0. The molecular formula is C10H8N2. The molecule has 0 unspecified atom stereocenters. The Labute approximate surface area is 71.9 Å². The van der Waals surface area contributed by atoms with Gasteiger partial charge in [-0.05, 0) is 30.9 Å². The van der Waals surface area contributed by atoms with Crippen LogP contribution in [-0.2, 0) is 0 Å². The average molecular weight is 156 g/mol. The van der Waals surface area contributed by atoms with E-state index in [0.29, 0.717) is 5.69 Å². The van der Waals surface area contributed by atoms with Gasteiger partial charge in [0.05, 0.1) is 0 Å². The molecule has 58 valence electrons. The van der Waals surface area contributed by atoms with Crippen LogP contribution in [-0.4, -0.2) is 4.98 Å². The quantitative estimate of drug-likeness (QED) is 0.534. The molecule has 0 aromatic carbocycles. The second kappa shape index (κ2) is 3.55. The molecule has 1 aromatic rings. The maximum atomic E-state index is 8.22. The molecular weight excluding hydrogens is 148 g/mol. The van der Waals surface area contributed by atoms with Crippen molar-refractivity contribution in [3.05, 3.63) is 29.1 Å². The highest BCUT2D eigenvalue weighted by atomic mass is 14.7. The van der Waals surface area contributed by atoms with Crippen molar-refractivity contribution in [1.82, 2.24) is 4.98 Å². The fourth-order valence-corrected chi connectivity index (χ4v) is 0.933. The maximum Gasteiger partial charge on any atom is 0.152 e. The zero-order valence-corrected chi connectivity index (χ0v) is 7.05. The average Bonchev–Trinajstić information content (AvgIpc) is 2.03. The molecule has 1 rings (SSSR count). The Morgan fingerprint density at radius 1 is 1.42 bits per heavy atom. The van der Waals surface area contributed by atoms with Gasteiger partial charge in [-0.2, -0.15) is 5.26 Å². The molecule has 0 saturated carbocycles. The SMILES string of the molecule is Cc1cnc(C#CC#N)c(C)c1. The summed E-state index contributed by atoms with van der Waals surface area (Å²) in [5, 5.41) is 8.22. The molecule has 0 radical (unpaired) electrons. The lowest BCUT2D eigenvalue weighted by molar-refractivity contribution is 1.19. The minimum absolute atomic E-state index is 0.683. The lowest BCUT2D eigenvalue weighted by Crippen LogP contribution is -1.88. The van der Waals surface area contributed by atoms with Crippen molar-refractivity contribution < 1.29 is 0 Å². The molecule has 12 heavy (non-hydrogen) atoms. The first-order valence-corrected chi connectivity index (χ1v) is 3.57. The van der Waals surface area contributed by atoms with Crippen molar-refractivity contribution in [2.24, 2.45) is 0 Å². The van der Waals surface area contributed by atoms with Gasteiger partial charge in [0.1, 0.15) is 5.69 Å². The van der Waals surface area contributed by atoms with E-state index in [1.807, 2.05) is 19.9 Å². The summed E-state index contributed by atoms with van der Waals surface area (Å²) in [5.74, 6) is 4.99. The van der Waals surface area contributed by atoms with Crippen LogP contribution < -0.4 is 0 Å². The minimum Gasteiger partial charge on any atom is -0.247 e. The Kier molecular flexibility index (Phi) is 2.46.